The molecule has 0 radical (unpaired) electrons. The summed E-state index contributed by atoms with van der Waals surface area (Å²) in [4.78, 5) is 12.8. The highest BCUT2D eigenvalue weighted by Gasteiger charge is 2.71. The molecule has 1 N–H and O–H groups in total. The topological polar surface area (TPSA) is 55.8 Å². The van der Waals surface area contributed by atoms with E-state index >= 15 is 0 Å². The lowest BCUT2D eigenvalue weighted by atomic mass is 9.44. The SMILES string of the molecule is C[C@@H]1C[C@H]2OC(=O)[C@@]3(C)CCC[C@](C)(C23)[C@@]1(O)CCC1CCOC1C1CCCCCC1. The van der Waals surface area contributed by atoms with E-state index in [-0.39, 0.29) is 29.3 Å². The van der Waals surface area contributed by atoms with Gasteiger partial charge < -0.3 is 14.6 Å². The van der Waals surface area contributed by atoms with E-state index in [1.54, 1.807) is 0 Å². The first-order valence-corrected chi connectivity index (χ1v) is 13.3. The Kier molecular flexibility index (Phi) is 5.73. The Morgan fingerprint density at radius 1 is 1.03 bits per heavy atom. The van der Waals surface area contributed by atoms with E-state index in [1.807, 2.05) is 0 Å². The van der Waals surface area contributed by atoms with E-state index in [9.17, 15) is 9.90 Å². The van der Waals surface area contributed by atoms with Gasteiger partial charge in [-0.1, -0.05) is 46.0 Å². The van der Waals surface area contributed by atoms with Gasteiger partial charge in [-0.15, -0.1) is 0 Å². The van der Waals surface area contributed by atoms with Gasteiger partial charge >= 0.3 is 5.97 Å². The Balaban J connectivity index is 1.35. The third-order valence-electron chi connectivity index (χ3n) is 10.8. The summed E-state index contributed by atoms with van der Waals surface area (Å²) < 4.78 is 12.2. The van der Waals surface area contributed by atoms with Crippen LogP contribution in [-0.2, 0) is 14.3 Å². The number of aliphatic hydroxyl groups is 1. The summed E-state index contributed by atoms with van der Waals surface area (Å²) in [5.74, 6) is 1.59. The van der Waals surface area contributed by atoms with Gasteiger partial charge in [-0.25, -0.2) is 0 Å². The maximum absolute atomic E-state index is 12.8. The molecule has 5 fully saturated rings. The maximum atomic E-state index is 12.8. The molecule has 0 aromatic heterocycles. The predicted molar refractivity (Wildman–Crippen MR) is 120 cm³/mol. The minimum absolute atomic E-state index is 0.00775. The molecule has 4 nitrogen and oxygen atoms in total. The highest BCUT2D eigenvalue weighted by molar-refractivity contribution is 5.80. The van der Waals surface area contributed by atoms with E-state index in [4.69, 9.17) is 9.47 Å². The number of hydrogen-bond acceptors (Lipinski definition) is 4. The molecule has 5 rings (SSSR count). The summed E-state index contributed by atoms with van der Waals surface area (Å²) in [7, 11) is 0. The predicted octanol–water partition coefficient (Wildman–Crippen LogP) is 5.65. The Labute approximate surface area is 188 Å². The fourth-order valence-corrected chi connectivity index (χ4v) is 9.07. The summed E-state index contributed by atoms with van der Waals surface area (Å²) in [6.45, 7) is 7.49. The molecule has 0 aromatic rings. The van der Waals surface area contributed by atoms with Crippen molar-refractivity contribution >= 4 is 5.97 Å². The Hall–Kier alpha value is -0.610. The first-order chi connectivity index (χ1) is 14.8. The van der Waals surface area contributed by atoms with E-state index in [1.165, 1.54) is 38.5 Å². The monoisotopic (exact) mass is 432 g/mol. The third-order valence-corrected chi connectivity index (χ3v) is 10.8. The van der Waals surface area contributed by atoms with Crippen LogP contribution in [0.1, 0.15) is 104 Å². The largest absolute Gasteiger partial charge is 0.462 e. The summed E-state index contributed by atoms with van der Waals surface area (Å²) in [6.07, 6.45) is 15.3. The van der Waals surface area contributed by atoms with Gasteiger partial charge in [-0.3, -0.25) is 4.79 Å². The molecular weight excluding hydrogens is 388 g/mol. The fourth-order valence-electron chi connectivity index (χ4n) is 9.07. The van der Waals surface area contributed by atoms with Crippen LogP contribution in [0.2, 0.25) is 0 Å². The zero-order valence-corrected chi connectivity index (χ0v) is 20.0. The van der Waals surface area contributed by atoms with Crippen molar-refractivity contribution in [1.82, 2.24) is 0 Å². The van der Waals surface area contributed by atoms with Gasteiger partial charge in [0.05, 0.1) is 17.1 Å². The molecule has 0 amide bonds. The highest BCUT2D eigenvalue weighted by atomic mass is 16.6. The molecule has 2 saturated heterocycles. The van der Waals surface area contributed by atoms with Crippen LogP contribution in [0, 0.1) is 34.5 Å². The van der Waals surface area contributed by atoms with Gasteiger partial charge in [-0.2, -0.15) is 0 Å². The molecule has 3 unspecified atom stereocenters. The van der Waals surface area contributed by atoms with Crippen LogP contribution in [0.5, 0.6) is 0 Å². The van der Waals surface area contributed by atoms with Crippen LogP contribution in [0.15, 0.2) is 0 Å². The molecule has 4 heteroatoms. The Morgan fingerprint density at radius 2 is 1.77 bits per heavy atom. The first-order valence-electron chi connectivity index (χ1n) is 13.3. The molecular formula is C27H44O4. The van der Waals surface area contributed by atoms with Gasteiger partial charge in [-0.05, 0) is 76.0 Å². The van der Waals surface area contributed by atoms with Gasteiger partial charge in [0.25, 0.3) is 0 Å². The quantitative estimate of drug-likeness (QED) is 0.461. The van der Waals surface area contributed by atoms with E-state index in [0.717, 1.165) is 51.6 Å². The molecule has 8 atom stereocenters. The second-order valence-electron chi connectivity index (χ2n) is 12.3. The van der Waals surface area contributed by atoms with Gasteiger partial charge in [0.1, 0.15) is 6.10 Å². The van der Waals surface area contributed by atoms with Crippen molar-refractivity contribution < 1.29 is 19.4 Å². The summed E-state index contributed by atoms with van der Waals surface area (Å²) >= 11 is 0. The lowest BCUT2D eigenvalue weighted by molar-refractivity contribution is -0.219. The summed E-state index contributed by atoms with van der Waals surface area (Å²) in [5, 5.41) is 12.4. The third kappa shape index (κ3) is 3.33. The number of carbonyl (C=O) groups excluding carboxylic acids is 1. The molecule has 5 aliphatic rings. The van der Waals surface area contributed by atoms with Crippen molar-refractivity contribution in [2.75, 3.05) is 6.61 Å². The number of hydrogen-bond donors (Lipinski definition) is 1. The van der Waals surface area contributed by atoms with Crippen molar-refractivity contribution in [3.8, 4) is 0 Å². The van der Waals surface area contributed by atoms with E-state index < -0.39 is 11.0 Å². The number of carbonyl (C=O) groups is 1. The molecule has 0 bridgehead atoms. The maximum Gasteiger partial charge on any atom is 0.312 e. The molecule has 176 valence electrons. The minimum atomic E-state index is -0.722. The minimum Gasteiger partial charge on any atom is -0.462 e. The zero-order chi connectivity index (χ0) is 21.9. The van der Waals surface area contributed by atoms with Crippen molar-refractivity contribution in [2.45, 2.75) is 122 Å². The van der Waals surface area contributed by atoms with Gasteiger partial charge in [0.15, 0.2) is 0 Å². The second-order valence-corrected chi connectivity index (χ2v) is 12.3. The average Bonchev–Trinajstić information content (AvgIpc) is 3.17. The fraction of sp³-hybridized carbons (Fsp3) is 0.963. The second kappa shape index (κ2) is 8.01. The molecule has 0 spiro atoms. The number of esters is 1. The molecule has 3 aliphatic carbocycles. The lowest BCUT2D eigenvalue weighted by Gasteiger charge is -2.61. The van der Waals surface area contributed by atoms with E-state index in [0.29, 0.717) is 17.9 Å². The molecule has 0 aromatic carbocycles. The van der Waals surface area contributed by atoms with Crippen LogP contribution in [-0.4, -0.2) is 35.5 Å². The molecule has 2 heterocycles. The number of ether oxygens (including phenoxy) is 2. The van der Waals surface area contributed by atoms with Crippen LogP contribution in [0.25, 0.3) is 0 Å². The smallest absolute Gasteiger partial charge is 0.312 e. The number of rotatable bonds is 4. The lowest BCUT2D eigenvalue weighted by Crippen LogP contribution is -2.65. The Morgan fingerprint density at radius 3 is 2.52 bits per heavy atom. The van der Waals surface area contributed by atoms with E-state index in [2.05, 4.69) is 20.8 Å². The van der Waals surface area contributed by atoms with Crippen LogP contribution in [0.3, 0.4) is 0 Å². The van der Waals surface area contributed by atoms with Crippen LogP contribution >= 0.6 is 0 Å². The molecule has 3 saturated carbocycles. The normalized spacial score (nSPS) is 50.7. The molecule has 31 heavy (non-hydrogen) atoms. The Bertz CT molecular complexity index is 685. The summed E-state index contributed by atoms with van der Waals surface area (Å²) in [5.41, 5.74) is -1.38. The highest BCUT2D eigenvalue weighted by Crippen LogP contribution is 2.67. The zero-order valence-electron chi connectivity index (χ0n) is 20.0. The van der Waals surface area contributed by atoms with Crippen LogP contribution < -0.4 is 0 Å². The summed E-state index contributed by atoms with van der Waals surface area (Å²) in [6, 6.07) is 0. The van der Waals surface area contributed by atoms with Gasteiger partial charge in [0.2, 0.25) is 0 Å². The van der Waals surface area contributed by atoms with Gasteiger partial charge in [0, 0.05) is 17.9 Å². The average molecular weight is 433 g/mol. The van der Waals surface area contributed by atoms with Crippen molar-refractivity contribution in [3.05, 3.63) is 0 Å². The van der Waals surface area contributed by atoms with Crippen LogP contribution in [0.4, 0.5) is 0 Å². The van der Waals surface area contributed by atoms with Crippen molar-refractivity contribution in [3.63, 3.8) is 0 Å². The standard InChI is InChI=1S/C27H44O4/c1-18-17-21-23-25(2,24(28)31-21)13-8-14-26(23,3)27(18,29)15-11-20-12-16-30-22(20)19-9-6-4-5-7-10-19/h18-23,29H,4-17H2,1-3H3/t18-,20?,21-,22?,23?,25+,26-,27-/m1/s1. The first kappa shape index (κ1) is 22.2. The molecule has 2 aliphatic heterocycles. The van der Waals surface area contributed by atoms with Crippen molar-refractivity contribution in [2.24, 2.45) is 34.5 Å². The van der Waals surface area contributed by atoms with Crippen molar-refractivity contribution in [1.29, 1.82) is 0 Å².